The first-order chi connectivity index (χ1) is 9.11. The van der Waals surface area contributed by atoms with Gasteiger partial charge in [-0.2, -0.15) is 0 Å². The topological polar surface area (TPSA) is 26.3 Å². The van der Waals surface area contributed by atoms with E-state index in [1.54, 1.807) is 6.07 Å². The van der Waals surface area contributed by atoms with E-state index in [4.69, 9.17) is 4.74 Å². The van der Waals surface area contributed by atoms with Crippen molar-refractivity contribution in [3.05, 3.63) is 65.2 Å². The highest BCUT2D eigenvalue weighted by atomic mass is 19.1. The molecule has 2 aromatic carbocycles. The predicted molar refractivity (Wildman–Crippen MR) is 67.4 cm³/mol. The Morgan fingerprint density at radius 3 is 2.58 bits per heavy atom. The fourth-order valence-corrected chi connectivity index (χ4v) is 1.87. The molecule has 0 aliphatic heterocycles. The minimum absolute atomic E-state index is 0.0744. The molecule has 0 saturated heterocycles. The smallest absolute Gasteiger partial charge is 0.173 e. The number of benzene rings is 2. The van der Waals surface area contributed by atoms with E-state index in [0.29, 0.717) is 5.56 Å². The van der Waals surface area contributed by atoms with E-state index >= 15 is 0 Å². The van der Waals surface area contributed by atoms with Gasteiger partial charge in [-0.05, 0) is 29.8 Å². The Morgan fingerprint density at radius 1 is 1.16 bits per heavy atom. The van der Waals surface area contributed by atoms with Crippen molar-refractivity contribution in [2.24, 2.45) is 0 Å². The molecular weight excluding hydrogens is 250 g/mol. The maximum Gasteiger partial charge on any atom is 0.173 e. The zero-order valence-corrected chi connectivity index (χ0v) is 10.3. The predicted octanol–water partition coefficient (Wildman–Crippen LogP) is 3.40. The van der Waals surface area contributed by atoms with E-state index in [9.17, 15) is 13.6 Å². The standard InChI is InChI=1S/C15H12F2O2/c1-19-14-7-3-6-12(17)15(14)13(18)9-10-4-2-5-11(16)8-10/h2-8H,9H2,1H3. The van der Waals surface area contributed by atoms with Crippen LogP contribution in [0.4, 0.5) is 8.78 Å². The first-order valence-electron chi connectivity index (χ1n) is 5.72. The molecule has 98 valence electrons. The monoisotopic (exact) mass is 262 g/mol. The summed E-state index contributed by atoms with van der Waals surface area (Å²) < 4.78 is 31.7. The number of carbonyl (C=O) groups is 1. The average molecular weight is 262 g/mol. The maximum absolute atomic E-state index is 13.7. The molecule has 0 atom stereocenters. The van der Waals surface area contributed by atoms with Crippen molar-refractivity contribution < 1.29 is 18.3 Å². The van der Waals surface area contributed by atoms with Crippen molar-refractivity contribution in [3.8, 4) is 5.75 Å². The van der Waals surface area contributed by atoms with Gasteiger partial charge in [0.1, 0.15) is 17.4 Å². The second-order valence-electron chi connectivity index (χ2n) is 4.05. The van der Waals surface area contributed by atoms with E-state index < -0.39 is 17.4 Å². The van der Waals surface area contributed by atoms with Crippen molar-refractivity contribution in [1.82, 2.24) is 0 Å². The molecule has 2 rings (SSSR count). The molecule has 4 heteroatoms. The Kier molecular flexibility index (Phi) is 3.90. The molecule has 0 N–H and O–H groups in total. The summed E-state index contributed by atoms with van der Waals surface area (Å²) in [5, 5.41) is 0. The summed E-state index contributed by atoms with van der Waals surface area (Å²) in [4.78, 5) is 12.1. The van der Waals surface area contributed by atoms with Gasteiger partial charge in [0.25, 0.3) is 0 Å². The van der Waals surface area contributed by atoms with Crippen LogP contribution in [0.25, 0.3) is 0 Å². The molecule has 0 heterocycles. The number of hydrogen-bond donors (Lipinski definition) is 0. The van der Waals surface area contributed by atoms with Crippen LogP contribution in [0.1, 0.15) is 15.9 Å². The lowest BCUT2D eigenvalue weighted by Gasteiger charge is -2.08. The number of carbonyl (C=O) groups excluding carboxylic acids is 1. The Hall–Kier alpha value is -2.23. The number of ether oxygens (including phenoxy) is 1. The number of Topliss-reactive ketones (excluding diaryl/α,β-unsaturated/α-hetero) is 1. The fraction of sp³-hybridized carbons (Fsp3) is 0.133. The second kappa shape index (κ2) is 5.61. The highest BCUT2D eigenvalue weighted by Crippen LogP contribution is 2.23. The highest BCUT2D eigenvalue weighted by molar-refractivity contribution is 6.00. The SMILES string of the molecule is COc1cccc(F)c1C(=O)Cc1cccc(F)c1. The molecule has 0 bridgehead atoms. The minimum atomic E-state index is -0.638. The first-order valence-corrected chi connectivity index (χ1v) is 5.72. The quantitative estimate of drug-likeness (QED) is 0.789. The van der Waals surface area contributed by atoms with Gasteiger partial charge < -0.3 is 4.74 Å². The van der Waals surface area contributed by atoms with Gasteiger partial charge >= 0.3 is 0 Å². The lowest BCUT2D eigenvalue weighted by Crippen LogP contribution is -2.08. The number of rotatable bonds is 4. The molecule has 0 spiro atoms. The van der Waals surface area contributed by atoms with Crippen molar-refractivity contribution in [2.75, 3.05) is 7.11 Å². The number of methoxy groups -OCH3 is 1. The fourth-order valence-electron chi connectivity index (χ4n) is 1.87. The zero-order valence-electron chi connectivity index (χ0n) is 10.3. The summed E-state index contributed by atoms with van der Waals surface area (Å²) in [5.74, 6) is -1.33. The maximum atomic E-state index is 13.7. The van der Waals surface area contributed by atoms with Crippen LogP contribution in [0, 0.1) is 11.6 Å². The van der Waals surface area contributed by atoms with Gasteiger partial charge in [0.15, 0.2) is 5.78 Å². The summed E-state index contributed by atoms with van der Waals surface area (Å²) in [6.07, 6.45) is -0.0744. The normalized spacial score (nSPS) is 10.3. The van der Waals surface area contributed by atoms with E-state index in [2.05, 4.69) is 0 Å². The van der Waals surface area contributed by atoms with Crippen LogP contribution in [-0.4, -0.2) is 12.9 Å². The third-order valence-corrected chi connectivity index (χ3v) is 2.73. The molecule has 0 amide bonds. The largest absolute Gasteiger partial charge is 0.496 e. The Morgan fingerprint density at radius 2 is 1.89 bits per heavy atom. The van der Waals surface area contributed by atoms with Crippen LogP contribution < -0.4 is 4.74 Å². The molecule has 0 fully saturated rings. The molecule has 0 radical (unpaired) electrons. The van der Waals surface area contributed by atoms with Crippen LogP contribution in [0.2, 0.25) is 0 Å². The molecule has 19 heavy (non-hydrogen) atoms. The number of halogens is 2. The van der Waals surface area contributed by atoms with E-state index in [1.165, 1.54) is 43.5 Å². The Bertz CT molecular complexity index is 609. The first kappa shape index (κ1) is 13.2. The summed E-state index contributed by atoms with van der Waals surface area (Å²) in [7, 11) is 1.37. The molecule has 0 aliphatic rings. The third kappa shape index (κ3) is 2.96. The van der Waals surface area contributed by atoms with E-state index in [-0.39, 0.29) is 17.7 Å². The molecule has 0 aliphatic carbocycles. The van der Waals surface area contributed by atoms with Gasteiger partial charge in [0.2, 0.25) is 0 Å². The van der Waals surface area contributed by atoms with Gasteiger partial charge in [-0.15, -0.1) is 0 Å². The Balaban J connectivity index is 2.30. The molecule has 0 aromatic heterocycles. The van der Waals surface area contributed by atoms with Crippen LogP contribution in [-0.2, 0) is 6.42 Å². The summed E-state index contributed by atoms with van der Waals surface area (Å²) in [6, 6.07) is 9.85. The van der Waals surface area contributed by atoms with Gasteiger partial charge in [-0.1, -0.05) is 18.2 Å². The van der Waals surface area contributed by atoms with E-state index in [1.807, 2.05) is 0 Å². The van der Waals surface area contributed by atoms with Gasteiger partial charge in [0.05, 0.1) is 12.7 Å². The summed E-state index contributed by atoms with van der Waals surface area (Å²) in [6.45, 7) is 0. The lowest BCUT2D eigenvalue weighted by atomic mass is 10.0. The van der Waals surface area contributed by atoms with Crippen LogP contribution in [0.3, 0.4) is 0 Å². The van der Waals surface area contributed by atoms with E-state index in [0.717, 1.165) is 0 Å². The molecule has 2 nitrogen and oxygen atoms in total. The van der Waals surface area contributed by atoms with Crippen LogP contribution >= 0.6 is 0 Å². The van der Waals surface area contributed by atoms with Gasteiger partial charge in [-0.25, -0.2) is 8.78 Å². The zero-order chi connectivity index (χ0) is 13.8. The van der Waals surface area contributed by atoms with Gasteiger partial charge in [-0.3, -0.25) is 4.79 Å². The Labute approximate surface area is 109 Å². The van der Waals surface area contributed by atoms with Crippen molar-refractivity contribution in [2.45, 2.75) is 6.42 Å². The third-order valence-electron chi connectivity index (χ3n) is 2.73. The summed E-state index contributed by atoms with van der Waals surface area (Å²) >= 11 is 0. The van der Waals surface area contributed by atoms with Crippen LogP contribution in [0.15, 0.2) is 42.5 Å². The molecule has 2 aromatic rings. The number of hydrogen-bond acceptors (Lipinski definition) is 2. The molecule has 0 unspecified atom stereocenters. The van der Waals surface area contributed by atoms with Crippen molar-refractivity contribution in [3.63, 3.8) is 0 Å². The highest BCUT2D eigenvalue weighted by Gasteiger charge is 2.17. The number of ketones is 1. The van der Waals surface area contributed by atoms with Gasteiger partial charge in [0, 0.05) is 6.42 Å². The second-order valence-corrected chi connectivity index (χ2v) is 4.05. The molecular formula is C15H12F2O2. The average Bonchev–Trinajstić information content (AvgIpc) is 2.38. The summed E-state index contributed by atoms with van der Waals surface area (Å²) in [5.41, 5.74) is 0.393. The molecule has 0 saturated carbocycles. The minimum Gasteiger partial charge on any atom is -0.496 e. The van der Waals surface area contributed by atoms with Crippen LogP contribution in [0.5, 0.6) is 5.75 Å². The van der Waals surface area contributed by atoms with Crippen molar-refractivity contribution in [1.29, 1.82) is 0 Å². The lowest BCUT2D eigenvalue weighted by molar-refractivity contribution is 0.0986. The van der Waals surface area contributed by atoms with Crippen molar-refractivity contribution >= 4 is 5.78 Å².